The summed E-state index contributed by atoms with van der Waals surface area (Å²) < 4.78 is 0. The van der Waals surface area contributed by atoms with Crippen molar-refractivity contribution < 1.29 is 0 Å². The Hall–Kier alpha value is -1.51. The second-order valence-corrected chi connectivity index (χ2v) is 3.68. The fourth-order valence-corrected chi connectivity index (χ4v) is 1.18. The number of nitrogens with one attached hydrogen (secondary N) is 1. The van der Waals surface area contributed by atoms with E-state index in [1.54, 1.807) is 4.90 Å². The van der Waals surface area contributed by atoms with Gasteiger partial charge in [0.05, 0.1) is 0 Å². The Labute approximate surface area is 85.5 Å². The molecule has 0 atom stereocenters. The van der Waals surface area contributed by atoms with E-state index in [1.807, 2.05) is 57.4 Å². The molecule has 0 radical (unpaired) electrons. The molecule has 3 heteroatoms. The number of anilines is 1. The molecule has 0 amide bonds. The molecule has 0 bridgehead atoms. The molecular formula is C11H17N3. The van der Waals surface area contributed by atoms with Crippen LogP contribution in [0.3, 0.4) is 0 Å². The van der Waals surface area contributed by atoms with Crippen molar-refractivity contribution in [2.75, 3.05) is 33.1 Å². The molecule has 1 aromatic rings. The third-order valence-electron chi connectivity index (χ3n) is 2.10. The summed E-state index contributed by atoms with van der Waals surface area (Å²) in [6, 6.07) is 7.98. The lowest BCUT2D eigenvalue weighted by molar-refractivity contribution is 0.619. The Morgan fingerprint density at radius 2 is 1.50 bits per heavy atom. The largest absolute Gasteiger partial charge is 0.378 e. The second kappa shape index (κ2) is 4.13. The van der Waals surface area contributed by atoms with Crippen molar-refractivity contribution in [2.45, 2.75) is 0 Å². The van der Waals surface area contributed by atoms with E-state index in [2.05, 4.69) is 0 Å². The van der Waals surface area contributed by atoms with E-state index in [-0.39, 0.29) is 0 Å². The average molecular weight is 191 g/mol. The van der Waals surface area contributed by atoms with Gasteiger partial charge in [-0.3, -0.25) is 5.41 Å². The fraction of sp³-hybridized carbons (Fsp3) is 0.364. The molecule has 1 aromatic carbocycles. The Kier molecular flexibility index (Phi) is 3.12. The summed E-state index contributed by atoms with van der Waals surface area (Å²) in [5, 5.41) is 7.77. The fourth-order valence-electron chi connectivity index (χ4n) is 1.18. The zero-order valence-corrected chi connectivity index (χ0v) is 9.20. The predicted octanol–water partition coefficient (Wildman–Crippen LogP) is 1.64. The van der Waals surface area contributed by atoms with Crippen molar-refractivity contribution >= 4 is 11.5 Å². The van der Waals surface area contributed by atoms with Crippen LogP contribution in [0.2, 0.25) is 0 Å². The van der Waals surface area contributed by atoms with Crippen molar-refractivity contribution in [3.63, 3.8) is 0 Å². The number of nitrogens with zero attached hydrogens (tertiary/aromatic N) is 2. The van der Waals surface area contributed by atoms with Crippen LogP contribution in [0, 0.1) is 5.41 Å². The zero-order chi connectivity index (χ0) is 10.7. The monoisotopic (exact) mass is 191 g/mol. The molecule has 0 aliphatic heterocycles. The van der Waals surface area contributed by atoms with Gasteiger partial charge in [0, 0.05) is 39.4 Å². The van der Waals surface area contributed by atoms with Gasteiger partial charge in [0.2, 0.25) is 0 Å². The Bertz CT molecular complexity index is 312. The van der Waals surface area contributed by atoms with E-state index in [1.165, 1.54) is 0 Å². The first-order chi connectivity index (χ1) is 6.52. The topological polar surface area (TPSA) is 30.3 Å². The van der Waals surface area contributed by atoms with Crippen molar-refractivity contribution in [2.24, 2.45) is 0 Å². The van der Waals surface area contributed by atoms with Crippen LogP contribution in [0.5, 0.6) is 0 Å². The maximum Gasteiger partial charge on any atom is 0.127 e. The smallest absolute Gasteiger partial charge is 0.127 e. The predicted molar refractivity (Wildman–Crippen MR) is 61.3 cm³/mol. The minimum Gasteiger partial charge on any atom is -0.378 e. The van der Waals surface area contributed by atoms with Gasteiger partial charge >= 0.3 is 0 Å². The van der Waals surface area contributed by atoms with E-state index in [0.29, 0.717) is 5.84 Å². The summed E-state index contributed by atoms with van der Waals surface area (Å²) in [6.07, 6.45) is 0. The molecule has 3 nitrogen and oxygen atoms in total. The molecule has 76 valence electrons. The van der Waals surface area contributed by atoms with Crippen LogP contribution in [0.1, 0.15) is 5.56 Å². The quantitative estimate of drug-likeness (QED) is 0.569. The lowest BCUT2D eigenvalue weighted by atomic mass is 10.2. The highest BCUT2D eigenvalue weighted by atomic mass is 15.1. The average Bonchev–Trinajstić information content (AvgIpc) is 2.16. The van der Waals surface area contributed by atoms with Gasteiger partial charge in [-0.05, 0) is 24.3 Å². The minimum absolute atomic E-state index is 0.537. The minimum atomic E-state index is 0.537. The van der Waals surface area contributed by atoms with E-state index in [0.717, 1.165) is 11.3 Å². The molecule has 0 aliphatic rings. The van der Waals surface area contributed by atoms with Crippen molar-refractivity contribution in [1.29, 1.82) is 5.41 Å². The standard InChI is InChI=1S/C11H17N3/c1-13(2)10-7-5-9(6-8-10)11(12)14(3)4/h5-8,12H,1-4H3. The molecule has 0 heterocycles. The van der Waals surface area contributed by atoms with Gasteiger partial charge in [0.15, 0.2) is 0 Å². The van der Waals surface area contributed by atoms with Gasteiger partial charge in [0.25, 0.3) is 0 Å². The first kappa shape index (κ1) is 10.6. The zero-order valence-electron chi connectivity index (χ0n) is 9.20. The molecule has 1 N–H and O–H groups in total. The van der Waals surface area contributed by atoms with Crippen LogP contribution >= 0.6 is 0 Å². The number of benzene rings is 1. The Balaban J connectivity index is 2.89. The molecule has 14 heavy (non-hydrogen) atoms. The Morgan fingerprint density at radius 3 is 1.86 bits per heavy atom. The van der Waals surface area contributed by atoms with Gasteiger partial charge < -0.3 is 9.80 Å². The van der Waals surface area contributed by atoms with E-state index >= 15 is 0 Å². The first-order valence-corrected chi connectivity index (χ1v) is 4.56. The van der Waals surface area contributed by atoms with E-state index < -0.39 is 0 Å². The highest BCUT2D eigenvalue weighted by Crippen LogP contribution is 2.12. The highest BCUT2D eigenvalue weighted by molar-refractivity contribution is 5.96. The normalized spacial score (nSPS) is 9.71. The van der Waals surface area contributed by atoms with Crippen LogP contribution in [-0.2, 0) is 0 Å². The molecule has 0 aromatic heterocycles. The summed E-state index contributed by atoms with van der Waals surface area (Å²) in [6.45, 7) is 0. The SMILES string of the molecule is CN(C)C(=N)c1ccc(N(C)C)cc1. The van der Waals surface area contributed by atoms with E-state index in [4.69, 9.17) is 5.41 Å². The number of amidine groups is 1. The second-order valence-electron chi connectivity index (χ2n) is 3.68. The number of rotatable bonds is 2. The third kappa shape index (κ3) is 2.25. The molecule has 0 saturated carbocycles. The number of hydrogen-bond acceptors (Lipinski definition) is 2. The van der Waals surface area contributed by atoms with Gasteiger partial charge in [-0.25, -0.2) is 0 Å². The van der Waals surface area contributed by atoms with Crippen molar-refractivity contribution in [3.8, 4) is 0 Å². The van der Waals surface area contributed by atoms with Crippen LogP contribution < -0.4 is 4.90 Å². The van der Waals surface area contributed by atoms with Crippen LogP contribution in [0.4, 0.5) is 5.69 Å². The van der Waals surface area contributed by atoms with Crippen LogP contribution in [-0.4, -0.2) is 38.9 Å². The van der Waals surface area contributed by atoms with Gasteiger partial charge in [-0.15, -0.1) is 0 Å². The molecule has 0 unspecified atom stereocenters. The summed E-state index contributed by atoms with van der Waals surface area (Å²) in [7, 11) is 7.77. The first-order valence-electron chi connectivity index (χ1n) is 4.56. The lowest BCUT2D eigenvalue weighted by Gasteiger charge is -2.16. The highest BCUT2D eigenvalue weighted by Gasteiger charge is 2.03. The molecule has 0 saturated heterocycles. The third-order valence-corrected chi connectivity index (χ3v) is 2.10. The van der Waals surface area contributed by atoms with Crippen molar-refractivity contribution in [3.05, 3.63) is 29.8 Å². The van der Waals surface area contributed by atoms with Gasteiger partial charge in [-0.1, -0.05) is 0 Å². The van der Waals surface area contributed by atoms with Gasteiger partial charge in [0.1, 0.15) is 5.84 Å². The van der Waals surface area contributed by atoms with Gasteiger partial charge in [-0.2, -0.15) is 0 Å². The summed E-state index contributed by atoms with van der Waals surface area (Å²) in [5.74, 6) is 0.537. The van der Waals surface area contributed by atoms with E-state index in [9.17, 15) is 0 Å². The summed E-state index contributed by atoms with van der Waals surface area (Å²) in [4.78, 5) is 3.84. The molecule has 0 aliphatic carbocycles. The lowest BCUT2D eigenvalue weighted by Crippen LogP contribution is -2.21. The molecule has 1 rings (SSSR count). The Morgan fingerprint density at radius 1 is 1.00 bits per heavy atom. The van der Waals surface area contributed by atoms with Crippen LogP contribution in [0.15, 0.2) is 24.3 Å². The van der Waals surface area contributed by atoms with Crippen molar-refractivity contribution in [1.82, 2.24) is 4.90 Å². The summed E-state index contributed by atoms with van der Waals surface area (Å²) >= 11 is 0. The summed E-state index contributed by atoms with van der Waals surface area (Å²) in [5.41, 5.74) is 2.10. The molecule has 0 spiro atoms. The van der Waals surface area contributed by atoms with Crippen LogP contribution in [0.25, 0.3) is 0 Å². The number of hydrogen-bond donors (Lipinski definition) is 1. The maximum atomic E-state index is 7.77. The molecule has 0 fully saturated rings. The maximum absolute atomic E-state index is 7.77. The molecular weight excluding hydrogens is 174 g/mol.